The van der Waals surface area contributed by atoms with Gasteiger partial charge < -0.3 is 4.90 Å². The SMILES string of the molecule is N#Cc1ccnc(N2CCc3ccccc3CC2)c1. The van der Waals surface area contributed by atoms with Crippen molar-refractivity contribution in [1.29, 1.82) is 5.26 Å². The Morgan fingerprint density at radius 2 is 1.74 bits per heavy atom. The number of nitriles is 1. The lowest BCUT2D eigenvalue weighted by Crippen LogP contribution is -2.26. The third kappa shape index (κ3) is 2.43. The number of aromatic nitrogens is 1. The second kappa shape index (κ2) is 5.11. The minimum atomic E-state index is 0.673. The molecule has 0 fully saturated rings. The molecule has 2 aromatic rings. The summed E-state index contributed by atoms with van der Waals surface area (Å²) in [4.78, 5) is 6.66. The molecule has 0 saturated heterocycles. The maximum absolute atomic E-state index is 8.96. The Bertz CT molecular complexity index is 601. The van der Waals surface area contributed by atoms with Crippen LogP contribution in [0.5, 0.6) is 0 Å². The number of nitrogens with zero attached hydrogens (tertiary/aromatic N) is 3. The number of hydrogen-bond donors (Lipinski definition) is 0. The molecule has 3 nitrogen and oxygen atoms in total. The third-order valence-electron chi connectivity index (χ3n) is 3.62. The molecule has 0 radical (unpaired) electrons. The summed E-state index contributed by atoms with van der Waals surface area (Å²) in [5, 5.41) is 8.96. The van der Waals surface area contributed by atoms with E-state index in [1.54, 1.807) is 12.3 Å². The number of benzene rings is 1. The van der Waals surface area contributed by atoms with E-state index < -0.39 is 0 Å². The van der Waals surface area contributed by atoms with E-state index in [1.165, 1.54) is 11.1 Å². The van der Waals surface area contributed by atoms with Gasteiger partial charge in [-0.3, -0.25) is 0 Å². The number of fused-ring (bicyclic) bond motifs is 1. The third-order valence-corrected chi connectivity index (χ3v) is 3.62. The van der Waals surface area contributed by atoms with Crippen molar-refractivity contribution in [3.63, 3.8) is 0 Å². The summed E-state index contributed by atoms with van der Waals surface area (Å²) in [6, 6.07) is 14.4. The fourth-order valence-corrected chi connectivity index (χ4v) is 2.56. The van der Waals surface area contributed by atoms with Crippen LogP contribution in [0, 0.1) is 11.3 Å². The zero-order valence-corrected chi connectivity index (χ0v) is 10.7. The molecule has 0 spiro atoms. The molecular weight excluding hydrogens is 234 g/mol. The van der Waals surface area contributed by atoms with Crippen molar-refractivity contribution in [3.05, 3.63) is 59.3 Å². The molecule has 0 atom stereocenters. The van der Waals surface area contributed by atoms with Crippen LogP contribution in [0.2, 0.25) is 0 Å². The fourth-order valence-electron chi connectivity index (χ4n) is 2.56. The Kier molecular flexibility index (Phi) is 3.16. The Balaban J connectivity index is 1.84. The molecule has 1 aromatic heterocycles. The highest BCUT2D eigenvalue weighted by atomic mass is 15.2. The first kappa shape index (κ1) is 11.7. The van der Waals surface area contributed by atoms with E-state index in [0.29, 0.717) is 5.56 Å². The van der Waals surface area contributed by atoms with E-state index in [9.17, 15) is 0 Å². The molecule has 0 amide bonds. The topological polar surface area (TPSA) is 39.9 Å². The van der Waals surface area contributed by atoms with Gasteiger partial charge in [0.25, 0.3) is 0 Å². The van der Waals surface area contributed by atoms with E-state index in [0.717, 1.165) is 31.7 Å². The van der Waals surface area contributed by atoms with Gasteiger partial charge in [-0.05, 0) is 36.1 Å². The van der Waals surface area contributed by atoms with Gasteiger partial charge in [0.15, 0.2) is 0 Å². The molecule has 3 heteroatoms. The normalized spacial score (nSPS) is 14.4. The first-order valence-corrected chi connectivity index (χ1v) is 6.55. The summed E-state index contributed by atoms with van der Waals surface area (Å²) in [6.07, 6.45) is 3.79. The van der Waals surface area contributed by atoms with Crippen LogP contribution in [0.15, 0.2) is 42.6 Å². The van der Waals surface area contributed by atoms with E-state index in [1.807, 2.05) is 6.07 Å². The number of pyridine rings is 1. The molecule has 0 N–H and O–H groups in total. The van der Waals surface area contributed by atoms with E-state index in [2.05, 4.69) is 40.2 Å². The summed E-state index contributed by atoms with van der Waals surface area (Å²) >= 11 is 0. The number of rotatable bonds is 1. The van der Waals surface area contributed by atoms with Gasteiger partial charge >= 0.3 is 0 Å². The Hall–Kier alpha value is -2.34. The summed E-state index contributed by atoms with van der Waals surface area (Å²) in [5.74, 6) is 0.909. The van der Waals surface area contributed by atoms with Gasteiger partial charge in [0.1, 0.15) is 5.82 Å². The van der Waals surface area contributed by atoms with E-state index >= 15 is 0 Å². The monoisotopic (exact) mass is 249 g/mol. The largest absolute Gasteiger partial charge is 0.356 e. The standard InChI is InChI=1S/C16H15N3/c17-12-13-5-8-18-16(11-13)19-9-6-14-3-1-2-4-15(14)7-10-19/h1-5,8,11H,6-7,9-10H2. The van der Waals surface area contributed by atoms with Gasteiger partial charge in [0.05, 0.1) is 11.6 Å². The smallest absolute Gasteiger partial charge is 0.129 e. The van der Waals surface area contributed by atoms with Gasteiger partial charge in [0.2, 0.25) is 0 Å². The predicted molar refractivity (Wildman–Crippen MR) is 75.0 cm³/mol. The van der Waals surface area contributed by atoms with Gasteiger partial charge in [0, 0.05) is 19.3 Å². The van der Waals surface area contributed by atoms with Crippen LogP contribution in [0.1, 0.15) is 16.7 Å². The molecule has 0 unspecified atom stereocenters. The fraction of sp³-hybridized carbons (Fsp3) is 0.250. The summed E-state index contributed by atoms with van der Waals surface area (Å²) in [5.41, 5.74) is 3.54. The van der Waals surface area contributed by atoms with Crippen LogP contribution in [-0.4, -0.2) is 18.1 Å². The van der Waals surface area contributed by atoms with Gasteiger partial charge in [-0.15, -0.1) is 0 Å². The second-order valence-corrected chi connectivity index (χ2v) is 4.77. The highest BCUT2D eigenvalue weighted by molar-refractivity contribution is 5.46. The molecule has 19 heavy (non-hydrogen) atoms. The molecule has 94 valence electrons. The Morgan fingerprint density at radius 3 is 2.37 bits per heavy atom. The Morgan fingerprint density at radius 1 is 1.05 bits per heavy atom. The molecule has 0 saturated carbocycles. The first-order chi connectivity index (χ1) is 9.36. The summed E-state index contributed by atoms with van der Waals surface area (Å²) in [6.45, 7) is 1.91. The first-order valence-electron chi connectivity index (χ1n) is 6.55. The summed E-state index contributed by atoms with van der Waals surface area (Å²) < 4.78 is 0. The molecule has 2 heterocycles. The number of anilines is 1. The molecule has 1 aliphatic rings. The molecule has 1 aliphatic heterocycles. The van der Waals surface area contributed by atoms with Crippen LogP contribution >= 0.6 is 0 Å². The van der Waals surface area contributed by atoms with Crippen molar-refractivity contribution in [3.8, 4) is 6.07 Å². The summed E-state index contributed by atoms with van der Waals surface area (Å²) in [7, 11) is 0. The average molecular weight is 249 g/mol. The van der Waals surface area contributed by atoms with Gasteiger partial charge in [-0.25, -0.2) is 4.98 Å². The van der Waals surface area contributed by atoms with Crippen molar-refractivity contribution in [2.45, 2.75) is 12.8 Å². The maximum atomic E-state index is 8.96. The van der Waals surface area contributed by atoms with Crippen molar-refractivity contribution < 1.29 is 0 Å². The molecule has 0 bridgehead atoms. The van der Waals surface area contributed by atoms with Gasteiger partial charge in [-0.2, -0.15) is 5.26 Å². The lowest BCUT2D eigenvalue weighted by Gasteiger charge is -2.21. The minimum absolute atomic E-state index is 0.673. The molecule has 0 aliphatic carbocycles. The lowest BCUT2D eigenvalue weighted by atomic mass is 10.0. The second-order valence-electron chi connectivity index (χ2n) is 4.77. The zero-order chi connectivity index (χ0) is 13.1. The van der Waals surface area contributed by atoms with Gasteiger partial charge in [-0.1, -0.05) is 24.3 Å². The van der Waals surface area contributed by atoms with E-state index in [-0.39, 0.29) is 0 Å². The van der Waals surface area contributed by atoms with Crippen LogP contribution in [0.4, 0.5) is 5.82 Å². The minimum Gasteiger partial charge on any atom is -0.356 e. The number of hydrogen-bond acceptors (Lipinski definition) is 3. The van der Waals surface area contributed by atoms with Crippen LogP contribution < -0.4 is 4.90 Å². The van der Waals surface area contributed by atoms with Crippen molar-refractivity contribution >= 4 is 5.82 Å². The van der Waals surface area contributed by atoms with Crippen LogP contribution in [0.3, 0.4) is 0 Å². The molecular formula is C16H15N3. The van der Waals surface area contributed by atoms with Crippen molar-refractivity contribution in [2.75, 3.05) is 18.0 Å². The highest BCUT2D eigenvalue weighted by Crippen LogP contribution is 2.19. The predicted octanol–water partition coefficient (Wildman–Crippen LogP) is 2.56. The quantitative estimate of drug-likeness (QED) is 0.779. The zero-order valence-electron chi connectivity index (χ0n) is 10.7. The molecule has 3 rings (SSSR count). The lowest BCUT2D eigenvalue weighted by molar-refractivity contribution is 0.790. The highest BCUT2D eigenvalue weighted by Gasteiger charge is 2.14. The van der Waals surface area contributed by atoms with E-state index in [4.69, 9.17) is 5.26 Å². The Labute approximate surface area is 113 Å². The van der Waals surface area contributed by atoms with Crippen molar-refractivity contribution in [1.82, 2.24) is 4.98 Å². The van der Waals surface area contributed by atoms with Crippen LogP contribution in [-0.2, 0) is 12.8 Å². The maximum Gasteiger partial charge on any atom is 0.129 e. The molecule has 1 aromatic carbocycles. The van der Waals surface area contributed by atoms with Crippen molar-refractivity contribution in [2.24, 2.45) is 0 Å². The average Bonchev–Trinajstić information content (AvgIpc) is 2.70. The van der Waals surface area contributed by atoms with Crippen LogP contribution in [0.25, 0.3) is 0 Å².